The molecule has 2 aliphatic rings. The second-order valence-electron chi connectivity index (χ2n) is 5.76. The van der Waals surface area contributed by atoms with E-state index in [0.29, 0.717) is 24.1 Å². The molecule has 0 amide bonds. The highest BCUT2D eigenvalue weighted by Gasteiger charge is 2.37. The molecule has 0 saturated carbocycles. The number of alkyl halides is 1. The van der Waals surface area contributed by atoms with Crippen LogP contribution in [0.25, 0.3) is 0 Å². The molecule has 0 spiro atoms. The molecule has 2 fully saturated rings. The maximum Gasteiger partial charge on any atom is 0.150 e. The van der Waals surface area contributed by atoms with Crippen LogP contribution in [0.2, 0.25) is 0 Å². The van der Waals surface area contributed by atoms with Gasteiger partial charge < -0.3 is 10.6 Å². The van der Waals surface area contributed by atoms with Crippen LogP contribution in [0, 0.1) is 5.41 Å². The number of sulfone groups is 1. The van der Waals surface area contributed by atoms with Gasteiger partial charge in [0.15, 0.2) is 0 Å². The normalized spacial score (nSPS) is 29.2. The lowest BCUT2D eigenvalue weighted by atomic mass is 9.79. The van der Waals surface area contributed by atoms with Crippen molar-refractivity contribution in [2.45, 2.75) is 31.7 Å². The highest BCUT2D eigenvalue weighted by molar-refractivity contribution is 7.91. The van der Waals surface area contributed by atoms with Gasteiger partial charge >= 0.3 is 0 Å². The number of rotatable bonds is 3. The van der Waals surface area contributed by atoms with E-state index in [1.54, 1.807) is 0 Å². The number of hydrogen-bond acceptors (Lipinski definition) is 4. The van der Waals surface area contributed by atoms with Crippen LogP contribution in [-0.4, -0.2) is 57.2 Å². The van der Waals surface area contributed by atoms with Gasteiger partial charge in [-0.3, -0.25) is 4.39 Å². The molecule has 2 saturated heterocycles. The quantitative estimate of drug-likeness (QED) is 0.820. The highest BCUT2D eigenvalue weighted by atomic mass is 32.2. The van der Waals surface area contributed by atoms with Crippen LogP contribution >= 0.6 is 0 Å². The molecule has 0 unspecified atom stereocenters. The number of nitrogens with zero attached hydrogens (tertiary/aromatic N) is 1. The van der Waals surface area contributed by atoms with Crippen molar-refractivity contribution >= 4 is 9.84 Å². The molecule has 2 heterocycles. The maximum atomic E-state index is 13.0. The van der Waals surface area contributed by atoms with E-state index >= 15 is 0 Å². The van der Waals surface area contributed by atoms with E-state index < -0.39 is 9.84 Å². The number of hydrogen-bond donors (Lipinski definition) is 1. The van der Waals surface area contributed by atoms with Crippen molar-refractivity contribution in [2.24, 2.45) is 11.1 Å². The number of nitrogens with two attached hydrogens (primary N) is 1. The van der Waals surface area contributed by atoms with E-state index in [9.17, 15) is 12.8 Å². The van der Waals surface area contributed by atoms with E-state index in [4.69, 9.17) is 5.73 Å². The molecule has 2 aliphatic heterocycles. The molecule has 0 atom stereocenters. The molecule has 0 radical (unpaired) electrons. The van der Waals surface area contributed by atoms with Gasteiger partial charge in [-0.25, -0.2) is 8.42 Å². The Morgan fingerprint density at radius 1 is 1.22 bits per heavy atom. The monoisotopic (exact) mass is 278 g/mol. The van der Waals surface area contributed by atoms with E-state index in [1.165, 1.54) is 0 Å². The van der Waals surface area contributed by atoms with Crippen LogP contribution in [0.15, 0.2) is 0 Å². The average molecular weight is 278 g/mol. The van der Waals surface area contributed by atoms with Gasteiger partial charge in [0.1, 0.15) is 9.84 Å². The summed E-state index contributed by atoms with van der Waals surface area (Å²) in [4.78, 5) is 2.33. The smallest absolute Gasteiger partial charge is 0.150 e. The molecule has 2 N–H and O–H groups in total. The average Bonchev–Trinajstić information content (AvgIpc) is 2.39. The topological polar surface area (TPSA) is 63.4 Å². The third kappa shape index (κ3) is 3.03. The number of likely N-dealkylation sites (tertiary alicyclic amines) is 1. The largest absolute Gasteiger partial charge is 0.330 e. The third-order valence-electron chi connectivity index (χ3n) is 4.62. The fourth-order valence-electron chi connectivity index (χ4n) is 3.00. The van der Waals surface area contributed by atoms with Gasteiger partial charge in [-0.15, -0.1) is 0 Å². The maximum absolute atomic E-state index is 13.0. The van der Waals surface area contributed by atoms with Gasteiger partial charge in [0, 0.05) is 18.0 Å². The third-order valence-corrected chi connectivity index (χ3v) is 6.33. The predicted molar refractivity (Wildman–Crippen MR) is 69.9 cm³/mol. The molecule has 106 valence electrons. The molecule has 18 heavy (non-hydrogen) atoms. The van der Waals surface area contributed by atoms with Crippen molar-refractivity contribution in [3.63, 3.8) is 0 Å². The summed E-state index contributed by atoms with van der Waals surface area (Å²) in [5.41, 5.74) is 5.35. The van der Waals surface area contributed by atoms with Gasteiger partial charge in [-0.05, 0) is 38.8 Å². The highest BCUT2D eigenvalue weighted by Crippen LogP contribution is 2.33. The lowest BCUT2D eigenvalue weighted by Gasteiger charge is -2.43. The molecule has 0 bridgehead atoms. The lowest BCUT2D eigenvalue weighted by Crippen LogP contribution is -2.50. The van der Waals surface area contributed by atoms with Crippen molar-refractivity contribution in [1.82, 2.24) is 4.90 Å². The zero-order chi connectivity index (χ0) is 13.2. The molecular weight excluding hydrogens is 255 g/mol. The fourth-order valence-corrected chi connectivity index (χ4v) is 4.47. The first-order valence-corrected chi connectivity index (χ1v) is 8.53. The molecule has 2 rings (SSSR count). The standard InChI is InChI=1S/C12H23FN2O2S/c13-9-12(10-14)3-5-15(6-4-12)11-1-7-18(16,17)8-2-11/h11H,1-10,14H2. The summed E-state index contributed by atoms with van der Waals surface area (Å²) in [6.07, 6.45) is 3.05. The van der Waals surface area contributed by atoms with Crippen LogP contribution in [0.4, 0.5) is 4.39 Å². The minimum absolute atomic E-state index is 0.305. The molecule has 0 aromatic carbocycles. The number of halogens is 1. The Hall–Kier alpha value is -0.200. The zero-order valence-corrected chi connectivity index (χ0v) is 11.6. The molecule has 4 nitrogen and oxygen atoms in total. The predicted octanol–water partition coefficient (Wildman–Crippen LogP) is 0.574. The van der Waals surface area contributed by atoms with Crippen LogP contribution in [0.1, 0.15) is 25.7 Å². The summed E-state index contributed by atoms with van der Waals surface area (Å²) in [6, 6.07) is 0.365. The zero-order valence-electron chi connectivity index (χ0n) is 10.8. The summed E-state index contributed by atoms with van der Waals surface area (Å²) in [6.45, 7) is 1.78. The minimum atomic E-state index is -2.79. The van der Waals surface area contributed by atoms with E-state index in [1.807, 2.05) is 0 Å². The van der Waals surface area contributed by atoms with E-state index in [0.717, 1.165) is 38.8 Å². The summed E-state index contributed by atoms with van der Waals surface area (Å²) in [5, 5.41) is 0. The van der Waals surface area contributed by atoms with E-state index in [2.05, 4.69) is 4.90 Å². The Balaban J connectivity index is 1.87. The van der Waals surface area contributed by atoms with Gasteiger partial charge in [0.25, 0.3) is 0 Å². The van der Waals surface area contributed by atoms with Gasteiger partial charge in [0.05, 0.1) is 18.2 Å². The van der Waals surface area contributed by atoms with Crippen molar-refractivity contribution < 1.29 is 12.8 Å². The summed E-state index contributed by atoms with van der Waals surface area (Å²) < 4.78 is 35.8. The first kappa shape index (κ1) is 14.2. The van der Waals surface area contributed by atoms with Crippen LogP contribution in [0.5, 0.6) is 0 Å². The van der Waals surface area contributed by atoms with Gasteiger partial charge in [-0.1, -0.05) is 0 Å². The Labute approximate surface area is 109 Å². The van der Waals surface area contributed by atoms with Gasteiger partial charge in [0.2, 0.25) is 0 Å². The minimum Gasteiger partial charge on any atom is -0.330 e. The molecule has 0 aromatic heterocycles. The Morgan fingerprint density at radius 2 is 1.78 bits per heavy atom. The van der Waals surface area contributed by atoms with Crippen LogP contribution in [-0.2, 0) is 9.84 Å². The van der Waals surface area contributed by atoms with Crippen molar-refractivity contribution in [3.05, 3.63) is 0 Å². The summed E-state index contributed by atoms with van der Waals surface area (Å²) in [7, 11) is -2.79. The van der Waals surface area contributed by atoms with E-state index in [-0.39, 0.29) is 12.1 Å². The summed E-state index contributed by atoms with van der Waals surface area (Å²) >= 11 is 0. The second-order valence-corrected chi connectivity index (χ2v) is 8.06. The van der Waals surface area contributed by atoms with Crippen molar-refractivity contribution in [1.29, 1.82) is 0 Å². The molecule has 0 aromatic rings. The van der Waals surface area contributed by atoms with Crippen molar-refractivity contribution in [2.75, 3.05) is 37.8 Å². The molecular formula is C12H23FN2O2S. The van der Waals surface area contributed by atoms with Crippen molar-refractivity contribution in [3.8, 4) is 0 Å². The van der Waals surface area contributed by atoms with Crippen LogP contribution in [0.3, 0.4) is 0 Å². The second kappa shape index (κ2) is 5.43. The Morgan fingerprint density at radius 3 is 2.22 bits per heavy atom. The Bertz CT molecular complexity index is 358. The summed E-state index contributed by atoms with van der Waals surface area (Å²) in [5.74, 6) is 0.610. The number of piperidine rings is 1. The SMILES string of the molecule is NCC1(CF)CCN(C2CCS(=O)(=O)CC2)CC1. The molecule has 6 heteroatoms. The first-order valence-electron chi connectivity index (χ1n) is 6.71. The Kier molecular flexibility index (Phi) is 4.29. The molecule has 0 aliphatic carbocycles. The lowest BCUT2D eigenvalue weighted by molar-refractivity contribution is 0.0558. The van der Waals surface area contributed by atoms with Gasteiger partial charge in [-0.2, -0.15) is 0 Å². The fraction of sp³-hybridized carbons (Fsp3) is 1.00. The van der Waals surface area contributed by atoms with Crippen LogP contribution < -0.4 is 5.73 Å². The first-order chi connectivity index (χ1) is 8.50.